The monoisotopic (exact) mass is 304 g/mol. The van der Waals surface area contributed by atoms with Crippen LogP contribution in [0.25, 0.3) is 0 Å². The quantitative estimate of drug-likeness (QED) is 0.644. The minimum Gasteiger partial charge on any atom is -0.397 e. The van der Waals surface area contributed by atoms with E-state index in [-0.39, 0.29) is 11.5 Å². The molecular formula is C16H17FN2OS. The van der Waals surface area contributed by atoms with Crippen LogP contribution in [0, 0.1) is 5.82 Å². The van der Waals surface area contributed by atoms with Crippen LogP contribution >= 0.6 is 11.8 Å². The minimum atomic E-state index is -0.442. The molecule has 0 heterocycles. The van der Waals surface area contributed by atoms with Crippen LogP contribution in [-0.4, -0.2) is 11.7 Å². The predicted molar refractivity (Wildman–Crippen MR) is 86.2 cm³/mol. The third-order valence-corrected chi connectivity index (χ3v) is 4.03. The average molecular weight is 304 g/mol. The summed E-state index contributed by atoms with van der Waals surface area (Å²) in [6, 6.07) is 11.1. The summed E-state index contributed by atoms with van der Waals surface area (Å²) in [4.78, 5) is 13.1. The molecule has 0 unspecified atom stereocenters. The molecule has 0 atom stereocenters. The number of halogens is 1. The second kappa shape index (κ2) is 7.13. The van der Waals surface area contributed by atoms with E-state index >= 15 is 0 Å². The van der Waals surface area contributed by atoms with E-state index in [2.05, 4.69) is 12.2 Å². The molecule has 3 nitrogen and oxygen atoms in total. The van der Waals surface area contributed by atoms with E-state index in [0.717, 1.165) is 17.1 Å². The molecule has 0 aliphatic rings. The smallest absolute Gasteiger partial charge is 0.255 e. The number of amides is 1. The van der Waals surface area contributed by atoms with Gasteiger partial charge in [0.15, 0.2) is 0 Å². The second-order valence-corrected chi connectivity index (χ2v) is 5.73. The van der Waals surface area contributed by atoms with Gasteiger partial charge in [-0.15, -0.1) is 11.8 Å². The summed E-state index contributed by atoms with van der Waals surface area (Å²) in [5.41, 5.74) is 7.17. The van der Waals surface area contributed by atoms with Gasteiger partial charge in [-0.2, -0.15) is 0 Å². The number of anilines is 2. The number of hydrogen-bond donors (Lipinski definition) is 2. The van der Waals surface area contributed by atoms with Crippen LogP contribution in [0.15, 0.2) is 47.4 Å². The third-order valence-electron chi connectivity index (χ3n) is 2.83. The molecule has 1 amide bonds. The fraction of sp³-hybridized carbons (Fsp3) is 0.188. The van der Waals surface area contributed by atoms with E-state index in [1.807, 2.05) is 12.1 Å². The average Bonchev–Trinajstić information content (AvgIpc) is 2.48. The second-order valence-electron chi connectivity index (χ2n) is 4.56. The highest BCUT2D eigenvalue weighted by Gasteiger charge is 2.09. The lowest BCUT2D eigenvalue weighted by Crippen LogP contribution is -2.13. The number of rotatable bonds is 5. The Morgan fingerprint density at radius 2 is 2.10 bits per heavy atom. The first-order valence-electron chi connectivity index (χ1n) is 6.69. The number of nitrogen functional groups attached to an aromatic ring is 1. The summed E-state index contributed by atoms with van der Waals surface area (Å²) in [5.74, 6) is 0.183. The zero-order chi connectivity index (χ0) is 15.2. The molecule has 0 aliphatic carbocycles. The molecule has 0 spiro atoms. The topological polar surface area (TPSA) is 55.1 Å². The van der Waals surface area contributed by atoms with Crippen molar-refractivity contribution in [2.75, 3.05) is 16.8 Å². The first-order chi connectivity index (χ1) is 10.1. The predicted octanol–water partition coefficient (Wildman–Crippen LogP) is 4.16. The molecule has 5 heteroatoms. The van der Waals surface area contributed by atoms with Gasteiger partial charge in [-0.05, 0) is 48.6 Å². The lowest BCUT2D eigenvalue weighted by atomic mass is 10.2. The maximum Gasteiger partial charge on any atom is 0.255 e. The molecule has 0 aromatic heterocycles. The van der Waals surface area contributed by atoms with Crippen LogP contribution < -0.4 is 11.1 Å². The van der Waals surface area contributed by atoms with E-state index < -0.39 is 5.82 Å². The summed E-state index contributed by atoms with van der Waals surface area (Å²) in [6.07, 6.45) is 1.07. The Labute approximate surface area is 127 Å². The minimum absolute atomic E-state index is 0.265. The zero-order valence-corrected chi connectivity index (χ0v) is 12.5. The highest BCUT2D eigenvalue weighted by atomic mass is 32.2. The van der Waals surface area contributed by atoms with Gasteiger partial charge in [0.2, 0.25) is 0 Å². The van der Waals surface area contributed by atoms with Crippen molar-refractivity contribution < 1.29 is 9.18 Å². The van der Waals surface area contributed by atoms with E-state index in [1.54, 1.807) is 23.9 Å². The van der Waals surface area contributed by atoms with Crippen molar-refractivity contribution in [1.82, 2.24) is 0 Å². The molecule has 110 valence electrons. The molecular weight excluding hydrogens is 287 g/mol. The first kappa shape index (κ1) is 15.4. The fourth-order valence-electron chi connectivity index (χ4n) is 1.78. The lowest BCUT2D eigenvalue weighted by Gasteiger charge is -2.10. The van der Waals surface area contributed by atoms with Crippen LogP contribution in [0.2, 0.25) is 0 Å². The highest BCUT2D eigenvalue weighted by Crippen LogP contribution is 2.27. The summed E-state index contributed by atoms with van der Waals surface area (Å²) in [5, 5.41) is 2.73. The Morgan fingerprint density at radius 1 is 1.29 bits per heavy atom. The summed E-state index contributed by atoms with van der Waals surface area (Å²) in [7, 11) is 0. The van der Waals surface area contributed by atoms with Crippen molar-refractivity contribution in [3.8, 4) is 0 Å². The maximum absolute atomic E-state index is 13.1. The summed E-state index contributed by atoms with van der Waals surface area (Å²) in [6.45, 7) is 2.11. The van der Waals surface area contributed by atoms with Crippen LogP contribution in [0.4, 0.5) is 15.8 Å². The Balaban J connectivity index is 2.16. The number of hydrogen-bond acceptors (Lipinski definition) is 3. The van der Waals surface area contributed by atoms with E-state index in [9.17, 15) is 9.18 Å². The molecule has 2 rings (SSSR count). The normalized spacial score (nSPS) is 10.4. The SMILES string of the molecule is CCCSc1ccc(N)c(NC(=O)c2cccc(F)c2)c1. The Hall–Kier alpha value is -2.01. The van der Waals surface area contributed by atoms with Gasteiger partial charge in [-0.3, -0.25) is 4.79 Å². The maximum atomic E-state index is 13.1. The van der Waals surface area contributed by atoms with Crippen molar-refractivity contribution in [1.29, 1.82) is 0 Å². The number of thioether (sulfide) groups is 1. The first-order valence-corrected chi connectivity index (χ1v) is 7.68. The van der Waals surface area contributed by atoms with Gasteiger partial charge < -0.3 is 11.1 Å². The largest absolute Gasteiger partial charge is 0.397 e. The standard InChI is InChI=1S/C16H17FN2OS/c1-2-8-21-13-6-7-14(18)15(10-13)19-16(20)11-4-3-5-12(17)9-11/h3-7,9-10H,2,8,18H2,1H3,(H,19,20). The van der Waals surface area contributed by atoms with Crippen molar-refractivity contribution >= 4 is 29.0 Å². The zero-order valence-electron chi connectivity index (χ0n) is 11.7. The summed E-state index contributed by atoms with van der Waals surface area (Å²) >= 11 is 1.70. The molecule has 3 N–H and O–H groups in total. The van der Waals surface area contributed by atoms with Crippen molar-refractivity contribution in [2.24, 2.45) is 0 Å². The molecule has 2 aromatic carbocycles. The Kier molecular flexibility index (Phi) is 5.22. The Bertz CT molecular complexity index is 646. The lowest BCUT2D eigenvalue weighted by molar-refractivity contribution is 0.102. The third kappa shape index (κ3) is 4.23. The highest BCUT2D eigenvalue weighted by molar-refractivity contribution is 7.99. The van der Waals surface area contributed by atoms with Gasteiger partial charge in [0.1, 0.15) is 5.82 Å². The molecule has 0 bridgehead atoms. The Morgan fingerprint density at radius 3 is 2.81 bits per heavy atom. The molecule has 21 heavy (non-hydrogen) atoms. The number of carbonyl (C=O) groups is 1. The van der Waals surface area contributed by atoms with Gasteiger partial charge in [0.25, 0.3) is 5.91 Å². The van der Waals surface area contributed by atoms with E-state index in [4.69, 9.17) is 5.73 Å². The molecule has 0 aliphatic heterocycles. The van der Waals surface area contributed by atoms with Crippen LogP contribution in [-0.2, 0) is 0 Å². The van der Waals surface area contributed by atoms with E-state index in [0.29, 0.717) is 11.4 Å². The fourth-order valence-corrected chi connectivity index (χ4v) is 2.58. The van der Waals surface area contributed by atoms with Gasteiger partial charge in [-0.1, -0.05) is 13.0 Å². The van der Waals surface area contributed by atoms with Crippen LogP contribution in [0.1, 0.15) is 23.7 Å². The van der Waals surface area contributed by atoms with Gasteiger partial charge >= 0.3 is 0 Å². The molecule has 0 saturated heterocycles. The van der Waals surface area contributed by atoms with Crippen LogP contribution in [0.3, 0.4) is 0 Å². The van der Waals surface area contributed by atoms with Crippen molar-refractivity contribution in [3.05, 3.63) is 53.8 Å². The molecule has 0 radical (unpaired) electrons. The number of carbonyl (C=O) groups excluding carboxylic acids is 1. The molecule has 0 fully saturated rings. The number of benzene rings is 2. The molecule has 2 aromatic rings. The van der Waals surface area contributed by atoms with Gasteiger partial charge in [0.05, 0.1) is 11.4 Å². The number of nitrogens with two attached hydrogens (primary N) is 1. The summed E-state index contributed by atoms with van der Waals surface area (Å²) < 4.78 is 13.1. The van der Waals surface area contributed by atoms with Gasteiger partial charge in [-0.25, -0.2) is 4.39 Å². The van der Waals surface area contributed by atoms with Crippen molar-refractivity contribution in [2.45, 2.75) is 18.2 Å². The van der Waals surface area contributed by atoms with Crippen LogP contribution in [0.5, 0.6) is 0 Å². The van der Waals surface area contributed by atoms with E-state index in [1.165, 1.54) is 18.2 Å². The van der Waals surface area contributed by atoms with Crippen molar-refractivity contribution in [3.63, 3.8) is 0 Å². The number of nitrogens with one attached hydrogen (secondary N) is 1. The van der Waals surface area contributed by atoms with Gasteiger partial charge in [0, 0.05) is 10.5 Å². The molecule has 0 saturated carbocycles.